The first-order chi connectivity index (χ1) is 11.6. The second kappa shape index (κ2) is 7.51. The summed E-state index contributed by atoms with van der Waals surface area (Å²) in [6, 6.07) is 12.4. The van der Waals surface area contributed by atoms with Crippen LogP contribution in [0, 0.1) is 0 Å². The molecule has 1 heterocycles. The quantitative estimate of drug-likeness (QED) is 0.600. The van der Waals surface area contributed by atoms with Crippen molar-refractivity contribution in [2.45, 2.75) is 13.2 Å². The lowest BCUT2D eigenvalue weighted by atomic mass is 10.1. The normalized spacial score (nSPS) is 10.6. The fourth-order valence-corrected chi connectivity index (χ4v) is 2.71. The Balaban J connectivity index is 1.75. The topological polar surface area (TPSA) is 44.1 Å². The number of aromatic nitrogens is 2. The largest absolute Gasteiger partial charge is 0.488 e. The van der Waals surface area contributed by atoms with E-state index in [9.17, 15) is 4.79 Å². The highest BCUT2D eigenvalue weighted by molar-refractivity contribution is 6.35. The van der Waals surface area contributed by atoms with E-state index in [-0.39, 0.29) is 18.9 Å². The third-order valence-corrected chi connectivity index (χ3v) is 4.06. The highest BCUT2D eigenvalue weighted by Crippen LogP contribution is 2.24. The average Bonchev–Trinajstić information content (AvgIpc) is 3.07. The summed E-state index contributed by atoms with van der Waals surface area (Å²) < 4.78 is 7.53. The molecule has 0 atom stereocenters. The van der Waals surface area contributed by atoms with Crippen LogP contribution in [0.5, 0.6) is 5.75 Å². The van der Waals surface area contributed by atoms with Crippen LogP contribution in [0.4, 0.5) is 0 Å². The second-order valence-electron chi connectivity index (χ2n) is 5.18. The van der Waals surface area contributed by atoms with E-state index in [1.807, 2.05) is 12.1 Å². The number of ether oxygens (including phenoxy) is 1. The summed E-state index contributed by atoms with van der Waals surface area (Å²) in [7, 11) is 0. The number of nitrogens with zero attached hydrogens (tertiary/aromatic N) is 2. The van der Waals surface area contributed by atoms with E-state index < -0.39 is 0 Å². The Kier molecular flexibility index (Phi) is 5.18. The van der Waals surface area contributed by atoms with Crippen LogP contribution in [-0.2, 0) is 13.2 Å². The van der Waals surface area contributed by atoms with Crippen LogP contribution >= 0.6 is 23.2 Å². The maximum absolute atomic E-state index is 12.5. The fraction of sp³-hybridized carbons (Fsp3) is 0.111. The zero-order valence-corrected chi connectivity index (χ0v) is 14.2. The van der Waals surface area contributed by atoms with E-state index in [1.54, 1.807) is 53.6 Å². The van der Waals surface area contributed by atoms with Gasteiger partial charge in [0.25, 0.3) is 0 Å². The zero-order valence-electron chi connectivity index (χ0n) is 12.7. The number of hydrogen-bond acceptors (Lipinski definition) is 3. The molecule has 0 aliphatic rings. The van der Waals surface area contributed by atoms with Crippen molar-refractivity contribution in [3.8, 4) is 5.75 Å². The first-order valence-electron chi connectivity index (χ1n) is 7.28. The third-order valence-electron chi connectivity index (χ3n) is 3.47. The van der Waals surface area contributed by atoms with Crippen molar-refractivity contribution in [1.29, 1.82) is 0 Å². The minimum absolute atomic E-state index is 0.0502. The highest BCUT2D eigenvalue weighted by atomic mass is 35.5. The monoisotopic (exact) mass is 360 g/mol. The summed E-state index contributed by atoms with van der Waals surface area (Å²) in [6.45, 7) is 0.466. The van der Waals surface area contributed by atoms with Gasteiger partial charge in [-0.3, -0.25) is 4.79 Å². The summed E-state index contributed by atoms with van der Waals surface area (Å²) >= 11 is 12.0. The standard InChI is InChI=1S/C18H14Cl2N2O2/c19-14-6-5-13(16(20)9-14)11-24-18-4-2-1-3-15(18)17(23)10-22-8-7-21-12-22/h1-9,12H,10-11H2. The summed E-state index contributed by atoms with van der Waals surface area (Å²) in [5, 5.41) is 1.10. The molecule has 3 aromatic rings. The minimum Gasteiger partial charge on any atom is -0.488 e. The smallest absolute Gasteiger partial charge is 0.186 e. The van der Waals surface area contributed by atoms with E-state index in [1.165, 1.54) is 0 Å². The van der Waals surface area contributed by atoms with E-state index in [2.05, 4.69) is 4.98 Å². The van der Waals surface area contributed by atoms with Crippen molar-refractivity contribution in [1.82, 2.24) is 9.55 Å². The molecule has 0 aliphatic heterocycles. The second-order valence-corrected chi connectivity index (χ2v) is 6.02. The number of carbonyl (C=O) groups is 1. The average molecular weight is 361 g/mol. The van der Waals surface area contributed by atoms with Crippen LogP contribution in [0.25, 0.3) is 0 Å². The van der Waals surface area contributed by atoms with Crippen molar-refractivity contribution in [3.05, 3.63) is 82.4 Å². The summed E-state index contributed by atoms with van der Waals surface area (Å²) in [6.07, 6.45) is 4.99. The lowest BCUT2D eigenvalue weighted by Crippen LogP contribution is -2.11. The SMILES string of the molecule is O=C(Cn1ccnc1)c1ccccc1OCc1ccc(Cl)cc1Cl. The Labute approximate surface area is 149 Å². The van der Waals surface area contributed by atoms with E-state index >= 15 is 0 Å². The van der Waals surface area contributed by atoms with Gasteiger partial charge in [-0.2, -0.15) is 0 Å². The molecule has 122 valence electrons. The molecular formula is C18H14Cl2N2O2. The lowest BCUT2D eigenvalue weighted by molar-refractivity contribution is 0.0967. The molecule has 0 N–H and O–H groups in total. The molecule has 6 heteroatoms. The Bertz CT molecular complexity index is 848. The van der Waals surface area contributed by atoms with Gasteiger partial charge in [0.2, 0.25) is 0 Å². The van der Waals surface area contributed by atoms with Crippen LogP contribution in [-0.4, -0.2) is 15.3 Å². The first-order valence-corrected chi connectivity index (χ1v) is 8.04. The van der Waals surface area contributed by atoms with Crippen LogP contribution in [0.2, 0.25) is 10.0 Å². The molecule has 24 heavy (non-hydrogen) atoms. The van der Waals surface area contributed by atoms with Crippen LogP contribution in [0.1, 0.15) is 15.9 Å². The number of carbonyl (C=O) groups excluding carboxylic acids is 1. The molecule has 1 aromatic heterocycles. The van der Waals surface area contributed by atoms with E-state index in [0.29, 0.717) is 21.4 Å². The van der Waals surface area contributed by atoms with Gasteiger partial charge in [0.1, 0.15) is 12.4 Å². The van der Waals surface area contributed by atoms with Gasteiger partial charge < -0.3 is 9.30 Å². The molecule has 0 aliphatic carbocycles. The Morgan fingerprint density at radius 1 is 1.17 bits per heavy atom. The van der Waals surface area contributed by atoms with Crippen molar-refractivity contribution in [3.63, 3.8) is 0 Å². The number of benzene rings is 2. The first kappa shape index (κ1) is 16.6. The van der Waals surface area contributed by atoms with Gasteiger partial charge in [-0.25, -0.2) is 4.98 Å². The van der Waals surface area contributed by atoms with Gasteiger partial charge in [0, 0.05) is 28.0 Å². The van der Waals surface area contributed by atoms with Gasteiger partial charge in [-0.15, -0.1) is 0 Å². The number of ketones is 1. The third kappa shape index (κ3) is 3.96. The molecule has 0 bridgehead atoms. The molecule has 4 nitrogen and oxygen atoms in total. The van der Waals surface area contributed by atoms with Gasteiger partial charge in [0.15, 0.2) is 5.78 Å². The van der Waals surface area contributed by atoms with Gasteiger partial charge in [-0.1, -0.05) is 41.4 Å². The fourth-order valence-electron chi connectivity index (χ4n) is 2.25. The Morgan fingerprint density at radius 3 is 2.75 bits per heavy atom. The summed E-state index contributed by atoms with van der Waals surface area (Å²) in [4.78, 5) is 16.4. The Hall–Kier alpha value is -2.30. The zero-order chi connectivity index (χ0) is 16.9. The molecule has 2 aromatic carbocycles. The summed E-state index contributed by atoms with van der Waals surface area (Å²) in [5.41, 5.74) is 1.33. The Morgan fingerprint density at radius 2 is 2.00 bits per heavy atom. The minimum atomic E-state index is -0.0502. The molecule has 0 saturated carbocycles. The molecule has 0 spiro atoms. The number of Topliss-reactive ketones (excluding diaryl/α,β-unsaturated/α-hetero) is 1. The van der Waals surface area contributed by atoms with Crippen molar-refractivity contribution >= 4 is 29.0 Å². The van der Waals surface area contributed by atoms with Crippen molar-refractivity contribution in [2.75, 3.05) is 0 Å². The summed E-state index contributed by atoms with van der Waals surface area (Å²) in [5.74, 6) is 0.472. The van der Waals surface area contributed by atoms with Gasteiger partial charge in [-0.05, 0) is 24.3 Å². The number of hydrogen-bond donors (Lipinski definition) is 0. The van der Waals surface area contributed by atoms with Crippen molar-refractivity contribution in [2.24, 2.45) is 0 Å². The number of halogens is 2. The molecule has 0 fully saturated rings. The molecular weight excluding hydrogens is 347 g/mol. The maximum Gasteiger partial charge on any atom is 0.186 e. The maximum atomic E-state index is 12.5. The molecule has 0 unspecified atom stereocenters. The molecule has 0 radical (unpaired) electrons. The number of rotatable bonds is 6. The number of para-hydroxylation sites is 1. The van der Waals surface area contributed by atoms with Crippen molar-refractivity contribution < 1.29 is 9.53 Å². The van der Waals surface area contributed by atoms with Crippen LogP contribution in [0.15, 0.2) is 61.2 Å². The number of imidazole rings is 1. The van der Waals surface area contributed by atoms with Crippen LogP contribution in [0.3, 0.4) is 0 Å². The molecule has 3 rings (SSSR count). The van der Waals surface area contributed by atoms with Crippen LogP contribution < -0.4 is 4.74 Å². The predicted molar refractivity (Wildman–Crippen MR) is 93.8 cm³/mol. The highest BCUT2D eigenvalue weighted by Gasteiger charge is 2.13. The predicted octanol–water partition coefficient (Wildman–Crippen LogP) is 4.65. The van der Waals surface area contributed by atoms with Gasteiger partial charge >= 0.3 is 0 Å². The van der Waals surface area contributed by atoms with Gasteiger partial charge in [0.05, 0.1) is 18.4 Å². The molecule has 0 saturated heterocycles. The van der Waals surface area contributed by atoms with E-state index in [0.717, 1.165) is 5.56 Å². The lowest BCUT2D eigenvalue weighted by Gasteiger charge is -2.12. The molecule has 0 amide bonds. The van der Waals surface area contributed by atoms with E-state index in [4.69, 9.17) is 27.9 Å².